The number of hydrogen-bond acceptors (Lipinski definition) is 6. The first-order valence-electron chi connectivity index (χ1n) is 7.81. The Morgan fingerprint density at radius 2 is 2.04 bits per heavy atom. The zero-order valence-corrected chi connectivity index (χ0v) is 14.8. The fraction of sp³-hybridized carbons (Fsp3) is 0.105. The van der Waals surface area contributed by atoms with E-state index in [2.05, 4.69) is 10.3 Å². The molecule has 0 saturated carbocycles. The lowest BCUT2D eigenvalue weighted by Gasteiger charge is -2.08. The van der Waals surface area contributed by atoms with Crippen molar-refractivity contribution in [1.82, 2.24) is 10.3 Å². The van der Waals surface area contributed by atoms with Crippen molar-refractivity contribution in [1.29, 1.82) is 0 Å². The minimum absolute atomic E-state index is 0.0561. The number of oxazole rings is 1. The fourth-order valence-electron chi connectivity index (χ4n) is 2.16. The van der Waals surface area contributed by atoms with Gasteiger partial charge in [-0.15, -0.1) is 11.3 Å². The second-order valence-electron chi connectivity index (χ2n) is 5.35. The predicted molar refractivity (Wildman–Crippen MR) is 97.8 cm³/mol. The molecular weight excluding hydrogens is 352 g/mol. The van der Waals surface area contributed by atoms with E-state index in [1.165, 1.54) is 24.5 Å². The van der Waals surface area contributed by atoms with Crippen molar-refractivity contribution in [3.05, 3.63) is 71.1 Å². The molecule has 6 nitrogen and oxygen atoms in total. The maximum atomic E-state index is 12.3. The molecule has 1 aromatic carbocycles. The zero-order chi connectivity index (χ0) is 18.4. The quantitative estimate of drug-likeness (QED) is 0.531. The van der Waals surface area contributed by atoms with Crippen molar-refractivity contribution >= 4 is 29.3 Å². The summed E-state index contributed by atoms with van der Waals surface area (Å²) in [5.41, 5.74) is 1.32. The van der Waals surface area contributed by atoms with Crippen LogP contribution in [-0.2, 0) is 20.9 Å². The standard InChI is InChI=1S/C19H16N2O4S/c1-13(22)20-16(10-14-6-3-2-4-7-14)19(23)25-12-15-11-24-18(21-15)17-8-5-9-26-17/h2-11H,12H2,1H3,(H,20,22). The predicted octanol–water partition coefficient (Wildman–Crippen LogP) is 3.62. The molecule has 0 aliphatic carbocycles. The van der Waals surface area contributed by atoms with Crippen LogP contribution in [0.1, 0.15) is 18.2 Å². The van der Waals surface area contributed by atoms with E-state index in [1.54, 1.807) is 6.08 Å². The Labute approximate surface area is 154 Å². The minimum Gasteiger partial charge on any atom is -0.454 e. The second kappa shape index (κ2) is 8.26. The topological polar surface area (TPSA) is 81.4 Å². The van der Waals surface area contributed by atoms with Gasteiger partial charge in [0.2, 0.25) is 11.8 Å². The number of rotatable bonds is 6. The maximum absolute atomic E-state index is 12.3. The summed E-state index contributed by atoms with van der Waals surface area (Å²) in [6, 6.07) is 13.0. The van der Waals surface area contributed by atoms with Crippen LogP contribution in [0.3, 0.4) is 0 Å². The first-order valence-corrected chi connectivity index (χ1v) is 8.69. The van der Waals surface area contributed by atoms with E-state index in [-0.39, 0.29) is 18.2 Å². The number of esters is 1. The Morgan fingerprint density at radius 3 is 2.73 bits per heavy atom. The first-order chi connectivity index (χ1) is 12.6. The van der Waals surface area contributed by atoms with Gasteiger partial charge in [0, 0.05) is 6.92 Å². The largest absolute Gasteiger partial charge is 0.454 e. The number of carbonyl (C=O) groups is 2. The van der Waals surface area contributed by atoms with Gasteiger partial charge < -0.3 is 14.5 Å². The van der Waals surface area contributed by atoms with Crippen molar-refractivity contribution in [2.24, 2.45) is 0 Å². The van der Waals surface area contributed by atoms with Crippen molar-refractivity contribution in [3.63, 3.8) is 0 Å². The van der Waals surface area contributed by atoms with E-state index in [9.17, 15) is 9.59 Å². The first kappa shape index (κ1) is 17.6. The molecule has 7 heteroatoms. The van der Waals surface area contributed by atoms with Gasteiger partial charge in [0.15, 0.2) is 0 Å². The highest BCUT2D eigenvalue weighted by atomic mass is 32.1. The van der Waals surface area contributed by atoms with Crippen LogP contribution in [0.5, 0.6) is 0 Å². The van der Waals surface area contributed by atoms with Crippen LogP contribution in [0.4, 0.5) is 0 Å². The molecule has 0 saturated heterocycles. The number of nitrogens with zero attached hydrogens (tertiary/aromatic N) is 1. The third-order valence-corrected chi connectivity index (χ3v) is 4.13. The third-order valence-electron chi connectivity index (χ3n) is 3.28. The van der Waals surface area contributed by atoms with Crippen LogP contribution in [0.2, 0.25) is 0 Å². The normalized spacial score (nSPS) is 11.2. The van der Waals surface area contributed by atoms with E-state index in [0.717, 1.165) is 10.4 Å². The number of thiophene rings is 1. The Morgan fingerprint density at radius 1 is 1.23 bits per heavy atom. The summed E-state index contributed by atoms with van der Waals surface area (Å²) in [6.45, 7) is 1.27. The molecule has 3 rings (SSSR count). The molecule has 0 atom stereocenters. The molecule has 0 radical (unpaired) electrons. The van der Waals surface area contributed by atoms with Crippen LogP contribution in [0, 0.1) is 0 Å². The summed E-state index contributed by atoms with van der Waals surface area (Å²) in [5, 5.41) is 4.42. The highest BCUT2D eigenvalue weighted by Crippen LogP contribution is 2.23. The number of amides is 1. The molecule has 0 unspecified atom stereocenters. The molecule has 2 heterocycles. The minimum atomic E-state index is -0.648. The Hall–Kier alpha value is -3.19. The summed E-state index contributed by atoms with van der Waals surface area (Å²) in [5.74, 6) is -0.525. The van der Waals surface area contributed by atoms with Crippen molar-refractivity contribution < 1.29 is 18.7 Å². The molecule has 26 heavy (non-hydrogen) atoms. The van der Waals surface area contributed by atoms with Crippen LogP contribution in [0.15, 0.2) is 64.2 Å². The molecule has 0 bridgehead atoms. The van der Waals surface area contributed by atoms with Crippen LogP contribution in [0.25, 0.3) is 16.8 Å². The van der Waals surface area contributed by atoms with Gasteiger partial charge in [0.1, 0.15) is 24.3 Å². The number of carbonyl (C=O) groups excluding carboxylic acids is 2. The summed E-state index contributed by atoms with van der Waals surface area (Å²) in [4.78, 5) is 28.9. The van der Waals surface area contributed by atoms with E-state index in [1.807, 2.05) is 47.8 Å². The summed E-state index contributed by atoms with van der Waals surface area (Å²) >= 11 is 1.51. The Balaban J connectivity index is 1.68. The summed E-state index contributed by atoms with van der Waals surface area (Å²) < 4.78 is 10.6. The number of ether oxygens (including phenoxy) is 1. The molecule has 0 spiro atoms. The molecule has 132 valence electrons. The zero-order valence-electron chi connectivity index (χ0n) is 14.0. The van der Waals surface area contributed by atoms with Crippen LogP contribution in [-0.4, -0.2) is 16.9 Å². The average Bonchev–Trinajstić information content (AvgIpc) is 3.31. The second-order valence-corrected chi connectivity index (χ2v) is 6.30. The monoisotopic (exact) mass is 368 g/mol. The van der Waals surface area contributed by atoms with E-state index in [4.69, 9.17) is 9.15 Å². The highest BCUT2D eigenvalue weighted by Gasteiger charge is 2.15. The molecule has 1 N–H and O–H groups in total. The average molecular weight is 368 g/mol. The lowest BCUT2D eigenvalue weighted by molar-refractivity contribution is -0.141. The van der Waals surface area contributed by atoms with Crippen LogP contribution < -0.4 is 5.32 Å². The highest BCUT2D eigenvalue weighted by molar-refractivity contribution is 7.13. The Bertz CT molecular complexity index is 914. The molecular formula is C19H16N2O4S. The fourth-order valence-corrected chi connectivity index (χ4v) is 2.81. The van der Waals surface area contributed by atoms with Gasteiger partial charge in [-0.1, -0.05) is 36.4 Å². The molecule has 0 fully saturated rings. The van der Waals surface area contributed by atoms with Crippen molar-refractivity contribution in [2.45, 2.75) is 13.5 Å². The third kappa shape index (κ3) is 4.67. The molecule has 0 aliphatic heterocycles. The number of nitrogens with one attached hydrogen (secondary N) is 1. The van der Waals surface area contributed by atoms with Gasteiger partial charge in [-0.05, 0) is 23.1 Å². The summed E-state index contributed by atoms with van der Waals surface area (Å²) in [7, 11) is 0. The molecule has 3 aromatic rings. The Kier molecular flexibility index (Phi) is 5.60. The lowest BCUT2D eigenvalue weighted by atomic mass is 10.2. The van der Waals surface area contributed by atoms with Gasteiger partial charge in [-0.2, -0.15) is 0 Å². The van der Waals surface area contributed by atoms with Gasteiger partial charge in [0.05, 0.1) is 4.88 Å². The van der Waals surface area contributed by atoms with Gasteiger partial charge in [0.25, 0.3) is 0 Å². The van der Waals surface area contributed by atoms with Gasteiger partial charge >= 0.3 is 5.97 Å². The van der Waals surface area contributed by atoms with E-state index in [0.29, 0.717) is 11.6 Å². The van der Waals surface area contributed by atoms with Crippen LogP contribution >= 0.6 is 11.3 Å². The van der Waals surface area contributed by atoms with E-state index >= 15 is 0 Å². The summed E-state index contributed by atoms with van der Waals surface area (Å²) in [6.07, 6.45) is 3.00. The number of benzene rings is 1. The number of aromatic nitrogens is 1. The van der Waals surface area contributed by atoms with Gasteiger partial charge in [-0.25, -0.2) is 9.78 Å². The maximum Gasteiger partial charge on any atom is 0.355 e. The van der Waals surface area contributed by atoms with Crippen molar-refractivity contribution in [3.8, 4) is 10.8 Å². The van der Waals surface area contributed by atoms with Crippen molar-refractivity contribution in [2.75, 3.05) is 0 Å². The molecule has 2 aromatic heterocycles. The molecule has 1 amide bonds. The lowest BCUT2D eigenvalue weighted by Crippen LogP contribution is -2.26. The smallest absolute Gasteiger partial charge is 0.355 e. The van der Waals surface area contributed by atoms with Gasteiger partial charge in [-0.3, -0.25) is 4.79 Å². The SMILES string of the molecule is CC(=O)NC(=Cc1ccccc1)C(=O)OCc1coc(-c2cccs2)n1. The molecule has 0 aliphatic rings. The number of hydrogen-bond donors (Lipinski definition) is 1. The van der Waals surface area contributed by atoms with E-state index < -0.39 is 5.97 Å².